The quantitative estimate of drug-likeness (QED) is 0.154. The van der Waals surface area contributed by atoms with Gasteiger partial charge in [0.25, 0.3) is 6.71 Å². The minimum Gasteiger partial charge on any atom is -0.468 e. The lowest BCUT2D eigenvalue weighted by molar-refractivity contribution is 0.589. The Hall–Kier alpha value is -6.66. The molecule has 6 heterocycles. The number of furan rings is 2. The van der Waals surface area contributed by atoms with E-state index in [2.05, 4.69) is 233 Å². The van der Waals surface area contributed by atoms with E-state index in [1.165, 1.54) is 83.3 Å². The van der Waals surface area contributed by atoms with E-state index >= 15 is 0 Å². The summed E-state index contributed by atoms with van der Waals surface area (Å²) in [7, 11) is 0. The van der Waals surface area contributed by atoms with Crippen molar-refractivity contribution >= 4 is 112 Å². The zero-order valence-electron chi connectivity index (χ0n) is 43.7. The molecule has 0 saturated heterocycles. The molecule has 5 nitrogen and oxygen atoms in total. The van der Waals surface area contributed by atoms with Gasteiger partial charge in [-0.05, 0) is 133 Å². The molecule has 0 N–H and O–H groups in total. The van der Waals surface area contributed by atoms with Gasteiger partial charge >= 0.3 is 0 Å². The van der Waals surface area contributed by atoms with Crippen LogP contribution in [-0.4, -0.2) is 11.3 Å². The Morgan fingerprint density at radius 3 is 1.59 bits per heavy atom. The second kappa shape index (κ2) is 13.6. The van der Waals surface area contributed by atoms with Crippen LogP contribution in [0.25, 0.3) is 60.4 Å². The lowest BCUT2D eigenvalue weighted by Gasteiger charge is -2.46. The van der Waals surface area contributed by atoms with Crippen LogP contribution in [0, 0.1) is 0 Å². The van der Waals surface area contributed by atoms with Crippen LogP contribution in [0.2, 0.25) is 0 Å². The van der Waals surface area contributed by atoms with Crippen molar-refractivity contribution in [1.29, 1.82) is 0 Å². The molecular weight excluding hydrogens is 854 g/mol. The average Bonchev–Trinajstić information content (AvgIpc) is 3.96. The number of anilines is 6. The first-order valence-electron chi connectivity index (χ1n) is 25.5. The van der Waals surface area contributed by atoms with Crippen LogP contribution in [-0.2, 0) is 27.1 Å². The third-order valence-electron chi connectivity index (χ3n) is 16.0. The zero-order chi connectivity index (χ0) is 49.1. The molecule has 10 aromatic rings. The first-order chi connectivity index (χ1) is 32.9. The van der Waals surface area contributed by atoms with Crippen molar-refractivity contribution in [3.8, 4) is 5.69 Å². The van der Waals surface area contributed by atoms with Crippen LogP contribution in [0.3, 0.4) is 0 Å². The summed E-state index contributed by atoms with van der Waals surface area (Å²) >= 11 is 0. The van der Waals surface area contributed by atoms with Gasteiger partial charge in [0.15, 0.2) is 5.58 Å². The minimum absolute atomic E-state index is 0.00955. The van der Waals surface area contributed by atoms with Crippen LogP contribution in [0.1, 0.15) is 132 Å². The number of rotatable bonds is 1. The van der Waals surface area contributed by atoms with Gasteiger partial charge in [0.05, 0.1) is 45.1 Å². The largest absolute Gasteiger partial charge is 0.468 e. The Labute approximate surface area is 413 Å². The van der Waals surface area contributed by atoms with Gasteiger partial charge in [-0.1, -0.05) is 152 Å². The molecule has 0 radical (unpaired) electrons. The van der Waals surface area contributed by atoms with Crippen LogP contribution in [0.4, 0.5) is 34.1 Å². The fourth-order valence-electron chi connectivity index (χ4n) is 12.0. The van der Waals surface area contributed by atoms with Crippen LogP contribution in [0.15, 0.2) is 124 Å². The molecule has 0 bridgehead atoms. The molecule has 6 heteroatoms. The Kier molecular flexibility index (Phi) is 8.43. The van der Waals surface area contributed by atoms with Gasteiger partial charge in [-0.2, -0.15) is 0 Å². The van der Waals surface area contributed by atoms with E-state index in [9.17, 15) is 0 Å². The van der Waals surface area contributed by atoms with E-state index in [0.717, 1.165) is 55.6 Å². The fraction of sp³-hybridized carbons (Fsp3) is 0.312. The molecule has 13 rings (SSSR count). The molecule has 3 aromatic heterocycles. The van der Waals surface area contributed by atoms with E-state index in [0.29, 0.717) is 0 Å². The second-order valence-electron chi connectivity index (χ2n) is 26.0. The molecule has 0 saturated carbocycles. The van der Waals surface area contributed by atoms with Gasteiger partial charge in [0, 0.05) is 38.3 Å². The first-order valence-corrected chi connectivity index (χ1v) is 25.5. The van der Waals surface area contributed by atoms with Crippen molar-refractivity contribution in [2.45, 2.75) is 131 Å². The Morgan fingerprint density at radius 2 is 0.914 bits per heavy atom. The van der Waals surface area contributed by atoms with E-state index in [1.54, 1.807) is 0 Å². The van der Waals surface area contributed by atoms with E-state index < -0.39 is 0 Å². The molecule has 0 fully saturated rings. The highest BCUT2D eigenvalue weighted by atomic mass is 16.3. The monoisotopic (exact) mass is 918 g/mol. The van der Waals surface area contributed by atoms with Gasteiger partial charge in [0.1, 0.15) is 11.2 Å². The topological polar surface area (TPSA) is 37.7 Å². The summed E-state index contributed by atoms with van der Waals surface area (Å²) in [4.78, 5) is 5.20. The van der Waals surface area contributed by atoms with Crippen molar-refractivity contribution < 1.29 is 8.83 Å². The number of hydrogen-bond acceptors (Lipinski definition) is 4. The maximum absolute atomic E-state index is 7.53. The molecule has 3 aliphatic rings. The Balaban J connectivity index is 1.24. The third kappa shape index (κ3) is 5.91. The number of nitrogens with zero attached hydrogens (tertiary/aromatic N) is 3. The maximum atomic E-state index is 7.53. The highest BCUT2D eigenvalue weighted by Gasteiger charge is 2.50. The average molecular weight is 918 g/mol. The van der Waals surface area contributed by atoms with E-state index in [1.807, 2.05) is 0 Å². The van der Waals surface area contributed by atoms with Gasteiger partial charge < -0.3 is 23.2 Å². The summed E-state index contributed by atoms with van der Waals surface area (Å²) in [6.45, 7) is 34.9. The lowest BCUT2D eigenvalue weighted by Crippen LogP contribution is -2.61. The normalized spacial score (nSPS) is 14.7. The molecule has 0 atom stereocenters. The second-order valence-corrected chi connectivity index (χ2v) is 26.0. The Bertz CT molecular complexity index is 3930. The Morgan fingerprint density at radius 1 is 0.386 bits per heavy atom. The molecule has 0 spiro atoms. The van der Waals surface area contributed by atoms with Crippen molar-refractivity contribution in [1.82, 2.24) is 4.57 Å². The molecule has 7 aromatic carbocycles. The number of aromatic nitrogens is 1. The summed E-state index contributed by atoms with van der Waals surface area (Å²) in [6, 6.07) is 44.3. The van der Waals surface area contributed by atoms with E-state index in [-0.39, 0.29) is 33.8 Å². The number of fused-ring (bicyclic) bond motifs is 14. The molecule has 0 amide bonds. The first kappa shape index (κ1) is 43.4. The number of para-hydroxylation sites is 2. The van der Waals surface area contributed by atoms with Crippen LogP contribution >= 0.6 is 0 Å². The van der Waals surface area contributed by atoms with Crippen LogP contribution in [0.5, 0.6) is 0 Å². The zero-order valence-corrected chi connectivity index (χ0v) is 43.7. The molecule has 0 aliphatic carbocycles. The summed E-state index contributed by atoms with van der Waals surface area (Å²) in [5.74, 6) is 0. The fourth-order valence-corrected chi connectivity index (χ4v) is 12.0. The molecular formula is C64H64BN3O2. The summed E-state index contributed by atoms with van der Waals surface area (Å²) in [5.41, 5.74) is 22.7. The summed E-state index contributed by atoms with van der Waals surface area (Å²) < 4.78 is 17.2. The molecule has 3 aliphatic heterocycles. The minimum atomic E-state index is -0.213. The smallest absolute Gasteiger partial charge is 0.297 e. The van der Waals surface area contributed by atoms with Crippen molar-refractivity contribution in [2.75, 3.05) is 9.80 Å². The summed E-state index contributed by atoms with van der Waals surface area (Å²) in [6.07, 6.45) is 0. The predicted octanol–water partition coefficient (Wildman–Crippen LogP) is 16.3. The van der Waals surface area contributed by atoms with Crippen molar-refractivity contribution in [3.63, 3.8) is 0 Å². The standard InChI is InChI=1S/C64H64BN3O2/c1-60(2,3)35-23-25-46-42(27-35)43-29-37(62(7,8)9)33-50-55(43)66(46)51-34-38(63(10,11)12)30-45-57(51)68(50)49-32-39(64(13,14)15)31-48-54(49)65(45)59-56(44-28-36(61(4,5)6)24-26-53(44)70-59)67(48)47-21-18-20-41-40-19-16-17-22-52(40)69-58(41)47/h16-34H,1-15H3. The maximum Gasteiger partial charge on any atom is 0.297 e. The van der Waals surface area contributed by atoms with Gasteiger partial charge in [-0.3, -0.25) is 0 Å². The van der Waals surface area contributed by atoms with E-state index in [4.69, 9.17) is 8.83 Å². The molecule has 0 unspecified atom stereocenters. The molecule has 70 heavy (non-hydrogen) atoms. The third-order valence-corrected chi connectivity index (χ3v) is 16.0. The van der Waals surface area contributed by atoms with Gasteiger partial charge in [-0.25, -0.2) is 0 Å². The molecule has 350 valence electrons. The van der Waals surface area contributed by atoms with Gasteiger partial charge in [0.2, 0.25) is 0 Å². The van der Waals surface area contributed by atoms with Crippen molar-refractivity contribution in [2.24, 2.45) is 0 Å². The van der Waals surface area contributed by atoms with Crippen molar-refractivity contribution in [3.05, 3.63) is 143 Å². The SMILES string of the molecule is CC(C)(C)c1cc2c3c(c1)N1c4c(cc(C(C)(C)C)cc4-n4c5ccc(C(C)(C)C)cc5c5cc(C(C)(C)C)cc1c54)B3c1oc3ccc(C(C)(C)C)cc3c1N2c1cccc2c1oc1ccccc12. The highest BCUT2D eigenvalue weighted by molar-refractivity contribution is 7.00. The number of benzene rings is 7. The van der Waals surface area contributed by atoms with Gasteiger partial charge in [-0.15, -0.1) is 0 Å². The van der Waals surface area contributed by atoms with Crippen LogP contribution < -0.4 is 26.4 Å². The highest BCUT2D eigenvalue weighted by Crippen LogP contribution is 2.56. The lowest BCUT2D eigenvalue weighted by atomic mass is 9.35. The summed E-state index contributed by atoms with van der Waals surface area (Å²) in [5, 5.41) is 5.93. The number of hydrogen-bond donors (Lipinski definition) is 0. The predicted molar refractivity (Wildman–Crippen MR) is 299 cm³/mol.